The van der Waals surface area contributed by atoms with E-state index in [1.54, 1.807) is 0 Å². The molecule has 0 spiro atoms. The van der Waals surface area contributed by atoms with Crippen LogP contribution in [0.1, 0.15) is 53.0 Å². The molecule has 0 saturated carbocycles. The van der Waals surface area contributed by atoms with Gasteiger partial charge in [-0.15, -0.1) is 0 Å². The minimum Gasteiger partial charge on any atom is -0.491 e. The molecule has 1 unspecified atom stereocenters. The summed E-state index contributed by atoms with van der Waals surface area (Å²) in [5.74, 6) is 1.03. The molecule has 1 saturated heterocycles. The summed E-state index contributed by atoms with van der Waals surface area (Å²) in [5.41, 5.74) is 1.51. The lowest BCUT2D eigenvalue weighted by Gasteiger charge is -2.43. The predicted molar refractivity (Wildman–Crippen MR) is 80.6 cm³/mol. The molecule has 0 radical (unpaired) electrons. The van der Waals surface area contributed by atoms with E-state index in [1.165, 1.54) is 18.4 Å². The van der Waals surface area contributed by atoms with E-state index in [0.717, 1.165) is 12.3 Å². The van der Waals surface area contributed by atoms with Crippen LogP contribution in [0.15, 0.2) is 24.3 Å². The Bertz CT molecular complexity index is 425. The topological polar surface area (TPSA) is 21.3 Å². The van der Waals surface area contributed by atoms with Crippen LogP contribution in [-0.4, -0.2) is 12.6 Å². The minimum absolute atomic E-state index is 0.0263. The molecule has 1 N–H and O–H groups in total. The molecule has 1 fully saturated rings. The Kier molecular flexibility index (Phi) is 3.91. The third kappa shape index (κ3) is 2.64. The molecule has 2 nitrogen and oxygen atoms in total. The molecule has 1 heterocycles. The van der Waals surface area contributed by atoms with Gasteiger partial charge in [0.1, 0.15) is 5.75 Å². The van der Waals surface area contributed by atoms with Crippen LogP contribution in [0, 0.1) is 5.41 Å². The lowest BCUT2D eigenvalue weighted by molar-refractivity contribution is 0.149. The summed E-state index contributed by atoms with van der Waals surface area (Å²) in [7, 11) is 0. The highest BCUT2D eigenvalue weighted by Gasteiger charge is 2.46. The third-order valence-electron chi connectivity index (χ3n) is 4.15. The Morgan fingerprint density at radius 2 is 1.89 bits per heavy atom. The van der Waals surface area contributed by atoms with Gasteiger partial charge in [0, 0.05) is 5.56 Å². The van der Waals surface area contributed by atoms with Crippen molar-refractivity contribution in [2.24, 2.45) is 5.41 Å². The van der Waals surface area contributed by atoms with Crippen molar-refractivity contribution >= 4 is 0 Å². The van der Waals surface area contributed by atoms with Gasteiger partial charge in [0.25, 0.3) is 0 Å². The smallest absolute Gasteiger partial charge is 0.124 e. The van der Waals surface area contributed by atoms with Gasteiger partial charge in [-0.05, 0) is 44.7 Å². The largest absolute Gasteiger partial charge is 0.491 e. The second-order valence-electron chi connectivity index (χ2n) is 6.85. The van der Waals surface area contributed by atoms with Gasteiger partial charge in [-0.1, -0.05) is 39.0 Å². The number of nitrogens with one attached hydrogen (secondary N) is 1. The van der Waals surface area contributed by atoms with Crippen LogP contribution in [0.4, 0.5) is 0 Å². The maximum atomic E-state index is 6.04. The molecular formula is C17H27NO. The summed E-state index contributed by atoms with van der Waals surface area (Å²) in [6.45, 7) is 12.2. The molecule has 106 valence electrons. The van der Waals surface area contributed by atoms with Gasteiger partial charge in [-0.2, -0.15) is 0 Å². The summed E-state index contributed by atoms with van der Waals surface area (Å²) in [4.78, 5) is 0. The molecule has 1 aromatic carbocycles. The van der Waals surface area contributed by atoms with Gasteiger partial charge in [0.15, 0.2) is 0 Å². The maximum Gasteiger partial charge on any atom is 0.124 e. The van der Waals surface area contributed by atoms with Crippen molar-refractivity contribution in [2.45, 2.75) is 59.1 Å². The van der Waals surface area contributed by atoms with E-state index in [4.69, 9.17) is 4.74 Å². The van der Waals surface area contributed by atoms with Crippen LogP contribution in [0.2, 0.25) is 0 Å². The Labute approximate surface area is 117 Å². The zero-order chi connectivity index (χ0) is 14.1. The lowest BCUT2D eigenvalue weighted by atomic mass is 9.68. The van der Waals surface area contributed by atoms with E-state index in [0.29, 0.717) is 0 Å². The standard InChI is InChI=1S/C17H27NO/c1-13(2)19-15-10-7-6-9-14(15)17(16(3,4)5)11-8-12-18-17/h6-7,9-10,13,18H,8,11-12H2,1-5H3. The van der Waals surface area contributed by atoms with Crippen LogP contribution in [-0.2, 0) is 5.54 Å². The summed E-state index contributed by atoms with van der Waals surface area (Å²) in [5, 5.41) is 3.76. The fourth-order valence-electron chi connectivity index (χ4n) is 3.19. The Balaban J connectivity index is 2.49. The first-order valence-corrected chi connectivity index (χ1v) is 7.38. The zero-order valence-corrected chi connectivity index (χ0v) is 12.9. The SMILES string of the molecule is CC(C)Oc1ccccc1C1(C(C)(C)C)CCCN1. The molecule has 0 aromatic heterocycles. The van der Waals surface area contributed by atoms with Crippen molar-refractivity contribution in [2.75, 3.05) is 6.54 Å². The molecule has 1 aromatic rings. The Hall–Kier alpha value is -1.02. The molecule has 1 aliphatic heterocycles. The first-order chi connectivity index (χ1) is 8.87. The predicted octanol–water partition coefficient (Wildman–Crippen LogP) is 4.10. The molecular weight excluding hydrogens is 234 g/mol. The molecule has 0 aliphatic carbocycles. The van der Waals surface area contributed by atoms with E-state index < -0.39 is 0 Å². The highest BCUT2D eigenvalue weighted by atomic mass is 16.5. The van der Waals surface area contributed by atoms with Crippen molar-refractivity contribution in [1.82, 2.24) is 5.32 Å². The molecule has 0 amide bonds. The highest BCUT2D eigenvalue weighted by Crippen LogP contribution is 2.48. The van der Waals surface area contributed by atoms with E-state index >= 15 is 0 Å². The maximum absolute atomic E-state index is 6.04. The van der Waals surface area contributed by atoms with Crippen LogP contribution in [0.5, 0.6) is 5.75 Å². The monoisotopic (exact) mass is 261 g/mol. The normalized spacial score (nSPS) is 23.9. The Morgan fingerprint density at radius 1 is 1.21 bits per heavy atom. The van der Waals surface area contributed by atoms with E-state index in [1.807, 2.05) is 0 Å². The molecule has 2 rings (SSSR count). The number of benzene rings is 1. The van der Waals surface area contributed by atoms with Gasteiger partial charge in [-0.3, -0.25) is 0 Å². The Morgan fingerprint density at radius 3 is 2.42 bits per heavy atom. The fourth-order valence-corrected chi connectivity index (χ4v) is 3.19. The summed E-state index contributed by atoms with van der Waals surface area (Å²) >= 11 is 0. The van der Waals surface area contributed by atoms with Gasteiger partial charge < -0.3 is 10.1 Å². The quantitative estimate of drug-likeness (QED) is 0.884. The summed E-state index contributed by atoms with van der Waals surface area (Å²) in [6.07, 6.45) is 2.61. The van der Waals surface area contributed by atoms with E-state index in [2.05, 4.69) is 64.2 Å². The lowest BCUT2D eigenvalue weighted by Crippen LogP contribution is -2.48. The van der Waals surface area contributed by atoms with E-state index in [9.17, 15) is 0 Å². The first kappa shape index (κ1) is 14.4. The number of hydrogen-bond acceptors (Lipinski definition) is 2. The summed E-state index contributed by atoms with van der Waals surface area (Å²) in [6, 6.07) is 8.51. The van der Waals surface area contributed by atoms with Crippen molar-refractivity contribution in [3.05, 3.63) is 29.8 Å². The molecule has 0 bridgehead atoms. The molecule has 1 atom stereocenters. The van der Waals surface area contributed by atoms with Gasteiger partial charge >= 0.3 is 0 Å². The number of hydrogen-bond donors (Lipinski definition) is 1. The van der Waals surface area contributed by atoms with Crippen molar-refractivity contribution in [3.8, 4) is 5.75 Å². The van der Waals surface area contributed by atoms with Crippen molar-refractivity contribution in [3.63, 3.8) is 0 Å². The summed E-state index contributed by atoms with van der Waals surface area (Å²) < 4.78 is 6.04. The van der Waals surface area contributed by atoms with E-state index in [-0.39, 0.29) is 17.1 Å². The second kappa shape index (κ2) is 5.16. The fraction of sp³-hybridized carbons (Fsp3) is 0.647. The van der Waals surface area contributed by atoms with Crippen LogP contribution < -0.4 is 10.1 Å². The first-order valence-electron chi connectivity index (χ1n) is 7.38. The highest BCUT2D eigenvalue weighted by molar-refractivity contribution is 5.41. The number of ether oxygens (including phenoxy) is 1. The van der Waals surface area contributed by atoms with Crippen molar-refractivity contribution < 1.29 is 4.74 Å². The second-order valence-corrected chi connectivity index (χ2v) is 6.85. The van der Waals surface area contributed by atoms with Crippen LogP contribution in [0.3, 0.4) is 0 Å². The van der Waals surface area contributed by atoms with Gasteiger partial charge in [0.05, 0.1) is 11.6 Å². The minimum atomic E-state index is 0.0263. The van der Waals surface area contributed by atoms with Crippen LogP contribution >= 0.6 is 0 Å². The molecule has 2 heteroatoms. The average Bonchev–Trinajstić information content (AvgIpc) is 2.78. The van der Waals surface area contributed by atoms with Crippen LogP contribution in [0.25, 0.3) is 0 Å². The average molecular weight is 261 g/mol. The van der Waals surface area contributed by atoms with Gasteiger partial charge in [-0.25, -0.2) is 0 Å². The third-order valence-corrected chi connectivity index (χ3v) is 4.15. The number of rotatable bonds is 3. The van der Waals surface area contributed by atoms with Gasteiger partial charge in [0.2, 0.25) is 0 Å². The number of para-hydroxylation sites is 1. The van der Waals surface area contributed by atoms with Crippen molar-refractivity contribution in [1.29, 1.82) is 0 Å². The molecule has 19 heavy (non-hydrogen) atoms. The zero-order valence-electron chi connectivity index (χ0n) is 12.9. The molecule has 1 aliphatic rings.